The van der Waals surface area contributed by atoms with Crippen molar-refractivity contribution in [3.05, 3.63) is 143 Å². The van der Waals surface area contributed by atoms with Gasteiger partial charge in [-0.05, 0) is 52.6 Å². The summed E-state index contributed by atoms with van der Waals surface area (Å²) in [6.07, 6.45) is 8.80. The van der Waals surface area contributed by atoms with E-state index in [2.05, 4.69) is 107 Å². The number of rotatable bonds is 12. The molecule has 0 radical (unpaired) electrons. The van der Waals surface area contributed by atoms with Crippen molar-refractivity contribution in [3.63, 3.8) is 0 Å². The fraction of sp³-hybridized carbons (Fsp3) is 0.231. The van der Waals surface area contributed by atoms with Crippen molar-refractivity contribution in [2.45, 2.75) is 59.7 Å². The van der Waals surface area contributed by atoms with E-state index in [1.807, 2.05) is 68.6 Å². The van der Waals surface area contributed by atoms with Crippen LogP contribution in [0, 0.1) is 0 Å². The largest absolute Gasteiger partial charge is 0.247 e. The molecule has 0 spiro atoms. The Kier molecular flexibility index (Phi) is 9.00. The molecule has 3 aromatic heterocycles. The lowest BCUT2D eigenvalue weighted by Crippen LogP contribution is -2.19. The SMILES string of the molecule is CCc1c(Cn2cc(-c3ccccc3)nn2)c(CC)c(Cn2cc(-c3ccccc3)nn2)c(CC)c1Cn1cc(-c2ccccc2)nn1. The van der Waals surface area contributed by atoms with Gasteiger partial charge in [-0.2, -0.15) is 0 Å². The summed E-state index contributed by atoms with van der Waals surface area (Å²) in [6.45, 7) is 8.61. The molecular weight excluding hydrogens is 594 g/mol. The maximum atomic E-state index is 4.59. The highest BCUT2D eigenvalue weighted by Gasteiger charge is 2.24. The molecule has 240 valence electrons. The molecule has 3 heterocycles. The molecule has 0 atom stereocenters. The van der Waals surface area contributed by atoms with Crippen LogP contribution in [0.2, 0.25) is 0 Å². The lowest BCUT2D eigenvalue weighted by atomic mass is 9.83. The zero-order chi connectivity index (χ0) is 32.9. The molecule has 7 aromatic rings. The van der Waals surface area contributed by atoms with Crippen LogP contribution in [-0.4, -0.2) is 45.0 Å². The second-order valence-corrected chi connectivity index (χ2v) is 11.9. The van der Waals surface area contributed by atoms with Gasteiger partial charge in [0, 0.05) is 16.7 Å². The maximum Gasteiger partial charge on any atom is 0.113 e. The van der Waals surface area contributed by atoms with E-state index in [1.165, 1.54) is 33.4 Å². The molecule has 0 aliphatic carbocycles. The quantitative estimate of drug-likeness (QED) is 0.140. The van der Waals surface area contributed by atoms with Gasteiger partial charge >= 0.3 is 0 Å². The van der Waals surface area contributed by atoms with Gasteiger partial charge in [0.15, 0.2) is 0 Å². The summed E-state index contributed by atoms with van der Waals surface area (Å²) in [4.78, 5) is 0. The Morgan fingerprint density at radius 3 is 0.896 bits per heavy atom. The molecule has 48 heavy (non-hydrogen) atoms. The third kappa shape index (κ3) is 6.31. The summed E-state index contributed by atoms with van der Waals surface area (Å²) in [5, 5.41) is 27.4. The van der Waals surface area contributed by atoms with Crippen LogP contribution in [0.1, 0.15) is 54.2 Å². The van der Waals surface area contributed by atoms with E-state index in [9.17, 15) is 0 Å². The Hall–Kier alpha value is -5.70. The first-order valence-corrected chi connectivity index (χ1v) is 16.7. The van der Waals surface area contributed by atoms with E-state index >= 15 is 0 Å². The van der Waals surface area contributed by atoms with Gasteiger partial charge in [0.25, 0.3) is 0 Å². The van der Waals surface area contributed by atoms with Crippen LogP contribution in [0.25, 0.3) is 33.8 Å². The van der Waals surface area contributed by atoms with Gasteiger partial charge in [-0.1, -0.05) is 127 Å². The van der Waals surface area contributed by atoms with Gasteiger partial charge < -0.3 is 0 Å². The van der Waals surface area contributed by atoms with E-state index in [0.29, 0.717) is 19.6 Å². The monoisotopic (exact) mass is 633 g/mol. The van der Waals surface area contributed by atoms with Gasteiger partial charge in [-0.25, -0.2) is 14.0 Å². The molecule has 0 N–H and O–H groups in total. The van der Waals surface area contributed by atoms with E-state index in [4.69, 9.17) is 0 Å². The lowest BCUT2D eigenvalue weighted by Gasteiger charge is -2.26. The molecule has 0 bridgehead atoms. The topological polar surface area (TPSA) is 92.1 Å². The van der Waals surface area contributed by atoms with Crippen LogP contribution in [0.3, 0.4) is 0 Å². The first-order valence-electron chi connectivity index (χ1n) is 16.7. The Bertz CT molecular complexity index is 1850. The van der Waals surface area contributed by atoms with Gasteiger partial charge in [-0.3, -0.25) is 0 Å². The first-order chi connectivity index (χ1) is 23.6. The Morgan fingerprint density at radius 2 is 0.646 bits per heavy atom. The summed E-state index contributed by atoms with van der Waals surface area (Å²) in [5.74, 6) is 0. The van der Waals surface area contributed by atoms with Crippen LogP contribution < -0.4 is 0 Å². The second kappa shape index (κ2) is 14.0. The molecule has 9 nitrogen and oxygen atoms in total. The van der Waals surface area contributed by atoms with Gasteiger partial charge in [0.2, 0.25) is 0 Å². The summed E-state index contributed by atoms with van der Waals surface area (Å²) in [6, 6.07) is 30.6. The van der Waals surface area contributed by atoms with E-state index in [-0.39, 0.29) is 0 Å². The number of hydrogen-bond acceptors (Lipinski definition) is 6. The Balaban J connectivity index is 1.33. The van der Waals surface area contributed by atoms with Crippen LogP contribution >= 0.6 is 0 Å². The van der Waals surface area contributed by atoms with Crippen LogP contribution in [0.4, 0.5) is 0 Å². The maximum absolute atomic E-state index is 4.59. The smallest absolute Gasteiger partial charge is 0.113 e. The number of aromatic nitrogens is 9. The van der Waals surface area contributed by atoms with Crippen molar-refractivity contribution < 1.29 is 0 Å². The van der Waals surface area contributed by atoms with Gasteiger partial charge in [-0.15, -0.1) is 15.3 Å². The highest BCUT2D eigenvalue weighted by atomic mass is 15.4. The molecule has 7 rings (SSSR count). The fourth-order valence-electron chi connectivity index (χ4n) is 6.78. The predicted molar refractivity (Wildman–Crippen MR) is 188 cm³/mol. The molecule has 0 unspecified atom stereocenters. The summed E-state index contributed by atoms with van der Waals surface area (Å²) in [7, 11) is 0. The van der Waals surface area contributed by atoms with E-state index in [1.54, 1.807) is 0 Å². The van der Waals surface area contributed by atoms with Gasteiger partial charge in [0.05, 0.1) is 38.2 Å². The summed E-state index contributed by atoms with van der Waals surface area (Å²) >= 11 is 0. The van der Waals surface area contributed by atoms with Crippen LogP contribution in [-0.2, 0) is 38.9 Å². The molecule has 0 amide bonds. The van der Waals surface area contributed by atoms with Crippen molar-refractivity contribution >= 4 is 0 Å². The van der Waals surface area contributed by atoms with Crippen molar-refractivity contribution in [1.29, 1.82) is 0 Å². The standard InChI is InChI=1S/C39H39N9/c1-4-31-34(22-46-25-37(40-43-46)28-16-10-7-11-17-28)32(5-2)36(24-48-27-39(42-45-48)30-20-14-9-15-21-30)33(6-3)35(31)23-47-26-38(41-44-47)29-18-12-8-13-19-29/h7-21,25-27H,4-6,22-24H2,1-3H3. The lowest BCUT2D eigenvalue weighted by molar-refractivity contribution is 0.610. The van der Waals surface area contributed by atoms with Gasteiger partial charge in [0.1, 0.15) is 17.1 Å². The zero-order valence-electron chi connectivity index (χ0n) is 27.7. The minimum atomic E-state index is 0.620. The summed E-state index contributed by atoms with van der Waals surface area (Å²) in [5.41, 5.74) is 13.6. The Morgan fingerprint density at radius 1 is 0.375 bits per heavy atom. The highest BCUT2D eigenvalue weighted by molar-refractivity contribution is 5.59. The predicted octanol–water partition coefficient (Wildman–Crippen LogP) is 7.29. The fourth-order valence-corrected chi connectivity index (χ4v) is 6.78. The molecule has 0 saturated heterocycles. The molecule has 0 aliphatic rings. The number of benzene rings is 4. The molecule has 0 fully saturated rings. The van der Waals surface area contributed by atoms with Crippen molar-refractivity contribution in [1.82, 2.24) is 45.0 Å². The number of nitrogens with zero attached hydrogens (tertiary/aromatic N) is 9. The minimum absolute atomic E-state index is 0.620. The van der Waals surface area contributed by atoms with Crippen LogP contribution in [0.15, 0.2) is 110 Å². The van der Waals surface area contributed by atoms with E-state index in [0.717, 1.165) is 53.0 Å². The molecule has 4 aromatic carbocycles. The Labute approximate surface area is 280 Å². The minimum Gasteiger partial charge on any atom is -0.247 e. The van der Waals surface area contributed by atoms with E-state index < -0.39 is 0 Å². The zero-order valence-corrected chi connectivity index (χ0v) is 27.7. The van der Waals surface area contributed by atoms with Crippen molar-refractivity contribution in [3.8, 4) is 33.8 Å². The molecule has 9 heteroatoms. The highest BCUT2D eigenvalue weighted by Crippen LogP contribution is 2.33. The third-order valence-electron chi connectivity index (χ3n) is 9.03. The molecule has 0 saturated carbocycles. The van der Waals surface area contributed by atoms with Crippen molar-refractivity contribution in [2.24, 2.45) is 0 Å². The average Bonchev–Trinajstić information content (AvgIpc) is 3.92. The third-order valence-corrected chi connectivity index (χ3v) is 9.03. The molecule has 0 aliphatic heterocycles. The molecular formula is C39H39N9. The van der Waals surface area contributed by atoms with Crippen LogP contribution in [0.5, 0.6) is 0 Å². The number of hydrogen-bond donors (Lipinski definition) is 0. The second-order valence-electron chi connectivity index (χ2n) is 11.9. The first kappa shape index (κ1) is 30.9. The summed E-state index contributed by atoms with van der Waals surface area (Å²) < 4.78 is 5.92. The normalized spacial score (nSPS) is 11.3. The average molecular weight is 634 g/mol. The van der Waals surface area contributed by atoms with Crippen molar-refractivity contribution in [2.75, 3.05) is 0 Å².